The summed E-state index contributed by atoms with van der Waals surface area (Å²) in [6.45, 7) is 3.75. The zero-order chi connectivity index (χ0) is 15.1. The second-order valence-corrected chi connectivity index (χ2v) is 5.91. The number of halogens is 2. The zero-order valence-corrected chi connectivity index (χ0v) is 13.2. The van der Waals surface area contributed by atoms with Gasteiger partial charge in [0.05, 0.1) is 22.1 Å². The van der Waals surface area contributed by atoms with Crippen molar-refractivity contribution >= 4 is 34.9 Å². The summed E-state index contributed by atoms with van der Waals surface area (Å²) in [6.07, 6.45) is 0. The molecule has 0 aliphatic rings. The number of aromatic amines is 1. The third-order valence-corrected chi connectivity index (χ3v) is 4.38. The predicted molar refractivity (Wildman–Crippen MR) is 87.1 cm³/mol. The number of para-hydroxylation sites is 1. The molecule has 1 atom stereocenters. The van der Waals surface area contributed by atoms with E-state index in [1.807, 2.05) is 35.8 Å². The van der Waals surface area contributed by atoms with E-state index in [0.717, 1.165) is 16.6 Å². The van der Waals surface area contributed by atoms with E-state index in [-0.39, 0.29) is 11.9 Å². The lowest BCUT2D eigenvalue weighted by atomic mass is 10.1. The number of nitrogens with one attached hydrogen (secondary N) is 1. The van der Waals surface area contributed by atoms with Crippen molar-refractivity contribution in [3.63, 3.8) is 0 Å². The fraction of sp³-hybridized carbons (Fsp3) is 0.188. The van der Waals surface area contributed by atoms with Crippen molar-refractivity contribution in [2.24, 2.45) is 0 Å². The molecule has 3 aromatic rings. The fourth-order valence-corrected chi connectivity index (χ4v) is 3.09. The van der Waals surface area contributed by atoms with E-state index in [1.54, 1.807) is 19.1 Å². The number of rotatable bonds is 2. The van der Waals surface area contributed by atoms with Gasteiger partial charge in [-0.1, -0.05) is 29.8 Å². The second-order valence-electron chi connectivity index (χ2n) is 5.12. The number of hydrogen-bond acceptors (Lipinski definition) is 1. The Bertz CT molecular complexity index is 882. The summed E-state index contributed by atoms with van der Waals surface area (Å²) in [5.41, 5.74) is 3.23. The molecule has 1 heterocycles. The van der Waals surface area contributed by atoms with Crippen LogP contribution < -0.4 is 0 Å². The number of imidazole rings is 1. The average molecular weight is 321 g/mol. The van der Waals surface area contributed by atoms with Crippen molar-refractivity contribution in [1.82, 2.24) is 9.55 Å². The van der Waals surface area contributed by atoms with Gasteiger partial charge in [-0.15, -0.1) is 0 Å². The monoisotopic (exact) mass is 320 g/mol. The van der Waals surface area contributed by atoms with Crippen molar-refractivity contribution < 1.29 is 4.39 Å². The molecule has 1 N–H and O–H groups in total. The van der Waals surface area contributed by atoms with Crippen molar-refractivity contribution in [3.8, 4) is 0 Å². The van der Waals surface area contributed by atoms with Gasteiger partial charge in [-0.3, -0.25) is 0 Å². The highest BCUT2D eigenvalue weighted by atomic mass is 35.5. The molecule has 0 amide bonds. The summed E-state index contributed by atoms with van der Waals surface area (Å²) in [7, 11) is 0. The van der Waals surface area contributed by atoms with Crippen LogP contribution in [0.2, 0.25) is 5.02 Å². The maximum atomic E-state index is 13.8. The molecular weight excluding hydrogens is 307 g/mol. The van der Waals surface area contributed by atoms with Crippen LogP contribution in [0.5, 0.6) is 0 Å². The van der Waals surface area contributed by atoms with Crippen LogP contribution in [0.15, 0.2) is 36.4 Å². The highest BCUT2D eigenvalue weighted by molar-refractivity contribution is 7.71. The molecule has 0 aliphatic carbocycles. The lowest BCUT2D eigenvalue weighted by Gasteiger charge is -2.16. The number of benzene rings is 2. The van der Waals surface area contributed by atoms with Crippen LogP contribution in [-0.2, 0) is 0 Å². The van der Waals surface area contributed by atoms with Crippen molar-refractivity contribution in [2.45, 2.75) is 19.9 Å². The van der Waals surface area contributed by atoms with Gasteiger partial charge in [0.2, 0.25) is 0 Å². The number of aromatic nitrogens is 2. The van der Waals surface area contributed by atoms with Gasteiger partial charge in [-0.05, 0) is 55.4 Å². The third-order valence-electron chi connectivity index (χ3n) is 3.77. The molecule has 0 fully saturated rings. The number of fused-ring (bicyclic) bond motifs is 1. The molecule has 1 unspecified atom stereocenters. The average Bonchev–Trinajstić information content (AvgIpc) is 2.79. The highest BCUT2D eigenvalue weighted by Crippen LogP contribution is 2.28. The smallest absolute Gasteiger partial charge is 0.178 e. The van der Waals surface area contributed by atoms with E-state index >= 15 is 0 Å². The van der Waals surface area contributed by atoms with Gasteiger partial charge >= 0.3 is 0 Å². The quantitative estimate of drug-likeness (QED) is 0.626. The zero-order valence-electron chi connectivity index (χ0n) is 11.7. The predicted octanol–water partition coefficient (Wildman–Crippen LogP) is 5.41. The summed E-state index contributed by atoms with van der Waals surface area (Å²) < 4.78 is 16.3. The Morgan fingerprint density at radius 2 is 2.05 bits per heavy atom. The van der Waals surface area contributed by atoms with E-state index in [9.17, 15) is 4.39 Å². The van der Waals surface area contributed by atoms with Crippen molar-refractivity contribution in [2.75, 3.05) is 0 Å². The first-order chi connectivity index (χ1) is 9.99. The Balaban J connectivity index is 2.20. The second kappa shape index (κ2) is 5.28. The van der Waals surface area contributed by atoms with Crippen LogP contribution in [0.1, 0.15) is 24.1 Å². The van der Waals surface area contributed by atoms with E-state index in [1.165, 1.54) is 0 Å². The first kappa shape index (κ1) is 14.3. The Kier molecular flexibility index (Phi) is 3.59. The molecule has 1 aromatic heterocycles. The Morgan fingerprint density at radius 3 is 2.76 bits per heavy atom. The number of H-pyrrole nitrogens is 1. The Labute approximate surface area is 132 Å². The maximum Gasteiger partial charge on any atom is 0.178 e. The van der Waals surface area contributed by atoms with E-state index in [2.05, 4.69) is 4.98 Å². The number of hydrogen-bond donors (Lipinski definition) is 1. The molecule has 21 heavy (non-hydrogen) atoms. The lowest BCUT2D eigenvalue weighted by molar-refractivity contribution is 0.600. The summed E-state index contributed by atoms with van der Waals surface area (Å²) in [5, 5.41) is 0.625. The molecule has 0 aliphatic heterocycles. The fourth-order valence-electron chi connectivity index (χ4n) is 2.52. The molecule has 0 saturated heterocycles. The van der Waals surface area contributed by atoms with Gasteiger partial charge in [-0.2, -0.15) is 0 Å². The van der Waals surface area contributed by atoms with Gasteiger partial charge in [0.1, 0.15) is 5.82 Å². The minimum absolute atomic E-state index is 0.0835. The van der Waals surface area contributed by atoms with Gasteiger partial charge < -0.3 is 9.55 Å². The lowest BCUT2D eigenvalue weighted by Crippen LogP contribution is -2.07. The summed E-state index contributed by atoms with van der Waals surface area (Å²) >= 11 is 11.6. The topological polar surface area (TPSA) is 20.7 Å². The van der Waals surface area contributed by atoms with Crippen LogP contribution in [0.4, 0.5) is 4.39 Å². The standard InChI is InChI=1S/C16H14ClFN2S/c1-9-6-7-11(8-13(9)18)10(2)20-14-5-3-4-12(17)15(14)19-16(20)21/h3-8,10H,1-2H3,(H,19,21). The Hall–Kier alpha value is -1.65. The van der Waals surface area contributed by atoms with Crippen molar-refractivity contribution in [1.29, 1.82) is 0 Å². The van der Waals surface area contributed by atoms with E-state index in [4.69, 9.17) is 23.8 Å². The molecule has 2 aromatic carbocycles. The summed E-state index contributed by atoms with van der Waals surface area (Å²) in [6, 6.07) is 10.8. The SMILES string of the molecule is Cc1ccc(C(C)n2c(=S)[nH]c3c(Cl)cccc32)cc1F. The van der Waals surface area contributed by atoms with Crippen LogP contribution in [-0.4, -0.2) is 9.55 Å². The molecule has 2 nitrogen and oxygen atoms in total. The third kappa shape index (κ3) is 2.39. The first-order valence-corrected chi connectivity index (χ1v) is 7.42. The molecule has 108 valence electrons. The molecule has 0 bridgehead atoms. The van der Waals surface area contributed by atoms with Crippen LogP contribution in [0, 0.1) is 17.5 Å². The molecule has 0 radical (unpaired) electrons. The Morgan fingerprint density at radius 1 is 1.29 bits per heavy atom. The molecular formula is C16H14ClFN2S. The van der Waals surface area contributed by atoms with Crippen LogP contribution in [0.3, 0.4) is 0 Å². The van der Waals surface area contributed by atoms with Gasteiger partial charge in [0.15, 0.2) is 4.77 Å². The molecule has 5 heteroatoms. The minimum Gasteiger partial charge on any atom is -0.329 e. The van der Waals surface area contributed by atoms with Gasteiger partial charge in [0.25, 0.3) is 0 Å². The highest BCUT2D eigenvalue weighted by Gasteiger charge is 2.15. The normalized spacial score (nSPS) is 12.8. The molecule has 0 spiro atoms. The summed E-state index contributed by atoms with van der Waals surface area (Å²) in [4.78, 5) is 3.12. The summed E-state index contributed by atoms with van der Waals surface area (Å²) in [5.74, 6) is -0.205. The number of nitrogens with zero attached hydrogens (tertiary/aromatic N) is 1. The largest absolute Gasteiger partial charge is 0.329 e. The molecule has 3 rings (SSSR count). The number of aryl methyl sites for hydroxylation is 1. The van der Waals surface area contributed by atoms with E-state index < -0.39 is 0 Å². The maximum absolute atomic E-state index is 13.8. The van der Waals surface area contributed by atoms with Crippen molar-refractivity contribution in [3.05, 3.63) is 63.1 Å². The first-order valence-electron chi connectivity index (χ1n) is 6.64. The van der Waals surface area contributed by atoms with E-state index in [0.29, 0.717) is 15.4 Å². The molecule has 0 saturated carbocycles. The van der Waals surface area contributed by atoms with Crippen LogP contribution >= 0.6 is 23.8 Å². The van der Waals surface area contributed by atoms with Gasteiger partial charge in [-0.25, -0.2) is 4.39 Å². The minimum atomic E-state index is -0.205. The van der Waals surface area contributed by atoms with Gasteiger partial charge in [0, 0.05) is 0 Å². The van der Waals surface area contributed by atoms with Crippen LogP contribution in [0.25, 0.3) is 11.0 Å².